The first-order valence-corrected chi connectivity index (χ1v) is 8.94. The summed E-state index contributed by atoms with van der Waals surface area (Å²) in [6.07, 6.45) is 7.27. The Morgan fingerprint density at radius 3 is 2.48 bits per heavy atom. The molecule has 3 fully saturated rings. The van der Waals surface area contributed by atoms with Gasteiger partial charge < -0.3 is 15.5 Å². The highest BCUT2D eigenvalue weighted by molar-refractivity contribution is 5.85. The van der Waals surface area contributed by atoms with Gasteiger partial charge in [-0.1, -0.05) is 6.92 Å². The van der Waals surface area contributed by atoms with E-state index in [1.54, 1.807) is 0 Å². The molecule has 3 rings (SSSR count). The average molecular weight is 366 g/mol. The van der Waals surface area contributed by atoms with Gasteiger partial charge in [0.2, 0.25) is 5.91 Å². The second-order valence-electron chi connectivity index (χ2n) is 7.40. The van der Waals surface area contributed by atoms with Crippen molar-refractivity contribution in [1.82, 2.24) is 15.5 Å². The van der Waals surface area contributed by atoms with Crippen molar-refractivity contribution in [1.29, 1.82) is 0 Å². The molecule has 0 aromatic heterocycles. The second-order valence-corrected chi connectivity index (χ2v) is 7.40. The summed E-state index contributed by atoms with van der Waals surface area (Å²) in [5.41, 5.74) is 0.375. The van der Waals surface area contributed by atoms with E-state index in [0.29, 0.717) is 23.2 Å². The molecule has 2 N–H and O–H groups in total. The summed E-state index contributed by atoms with van der Waals surface area (Å²) >= 11 is 0. The second kappa shape index (κ2) is 9.45. The molecule has 1 atom stereocenters. The Hall–Kier alpha value is -0.0300. The van der Waals surface area contributed by atoms with E-state index in [1.165, 1.54) is 51.7 Å². The Balaban J connectivity index is 0.00000132. The first-order valence-electron chi connectivity index (χ1n) is 8.94. The van der Waals surface area contributed by atoms with Gasteiger partial charge in [-0.25, -0.2) is 0 Å². The predicted octanol–water partition coefficient (Wildman–Crippen LogP) is 2.46. The SMILES string of the molecule is CCCN1CCC(CNC(=O)C2CC23CCNCC3)CC1.Cl.Cl. The summed E-state index contributed by atoms with van der Waals surface area (Å²) in [7, 11) is 0. The zero-order valence-electron chi connectivity index (χ0n) is 14.3. The molecule has 2 saturated heterocycles. The van der Waals surface area contributed by atoms with Gasteiger partial charge in [-0.3, -0.25) is 4.79 Å². The molecule has 2 heterocycles. The van der Waals surface area contributed by atoms with Gasteiger partial charge >= 0.3 is 0 Å². The molecule has 2 aliphatic heterocycles. The molecule has 0 aromatic rings. The van der Waals surface area contributed by atoms with Crippen molar-refractivity contribution in [2.75, 3.05) is 39.3 Å². The number of carbonyl (C=O) groups excluding carboxylic acids is 1. The molecular formula is C17H33Cl2N3O. The van der Waals surface area contributed by atoms with E-state index in [2.05, 4.69) is 22.5 Å². The normalized spacial score (nSPS) is 26.9. The van der Waals surface area contributed by atoms with Crippen LogP contribution in [0.25, 0.3) is 0 Å². The van der Waals surface area contributed by atoms with Gasteiger partial charge in [0.25, 0.3) is 0 Å². The molecule has 6 heteroatoms. The van der Waals surface area contributed by atoms with Crippen LogP contribution in [0.5, 0.6) is 0 Å². The molecule has 0 aromatic carbocycles. The highest BCUT2D eigenvalue weighted by Gasteiger charge is 2.57. The Bertz CT molecular complexity index is 367. The van der Waals surface area contributed by atoms with Crippen LogP contribution in [-0.4, -0.2) is 50.1 Å². The number of nitrogens with zero attached hydrogens (tertiary/aromatic N) is 1. The monoisotopic (exact) mass is 365 g/mol. The molecule has 3 aliphatic rings. The van der Waals surface area contributed by atoms with Gasteiger partial charge in [0.15, 0.2) is 0 Å². The van der Waals surface area contributed by atoms with Gasteiger partial charge in [-0.2, -0.15) is 0 Å². The van der Waals surface area contributed by atoms with Crippen molar-refractivity contribution in [2.24, 2.45) is 17.3 Å². The molecule has 23 heavy (non-hydrogen) atoms. The quantitative estimate of drug-likeness (QED) is 0.786. The molecule has 1 saturated carbocycles. The van der Waals surface area contributed by atoms with Crippen molar-refractivity contribution in [3.63, 3.8) is 0 Å². The summed E-state index contributed by atoms with van der Waals surface area (Å²) in [6.45, 7) is 9.01. The number of amides is 1. The lowest BCUT2D eigenvalue weighted by molar-refractivity contribution is -0.123. The Morgan fingerprint density at radius 2 is 1.87 bits per heavy atom. The molecule has 4 nitrogen and oxygen atoms in total. The Labute approximate surface area is 153 Å². The van der Waals surface area contributed by atoms with Crippen LogP contribution in [0.2, 0.25) is 0 Å². The van der Waals surface area contributed by atoms with Crippen LogP contribution in [0.4, 0.5) is 0 Å². The lowest BCUT2D eigenvalue weighted by atomic mass is 9.91. The predicted molar refractivity (Wildman–Crippen MR) is 99.6 cm³/mol. The molecule has 1 amide bonds. The molecule has 1 unspecified atom stereocenters. The van der Waals surface area contributed by atoms with Crippen molar-refractivity contribution < 1.29 is 4.79 Å². The third-order valence-corrected chi connectivity index (χ3v) is 5.92. The minimum absolute atomic E-state index is 0. The first-order chi connectivity index (χ1) is 10.2. The zero-order valence-corrected chi connectivity index (χ0v) is 15.9. The van der Waals surface area contributed by atoms with E-state index < -0.39 is 0 Å². The largest absolute Gasteiger partial charge is 0.356 e. The maximum Gasteiger partial charge on any atom is 0.223 e. The summed E-state index contributed by atoms with van der Waals surface area (Å²) in [5.74, 6) is 1.36. The summed E-state index contributed by atoms with van der Waals surface area (Å²) in [4.78, 5) is 14.9. The summed E-state index contributed by atoms with van der Waals surface area (Å²) in [6, 6.07) is 0. The number of piperidine rings is 2. The van der Waals surface area contributed by atoms with E-state index in [0.717, 1.165) is 26.1 Å². The fourth-order valence-corrected chi connectivity index (χ4v) is 4.29. The van der Waals surface area contributed by atoms with Crippen LogP contribution < -0.4 is 10.6 Å². The topological polar surface area (TPSA) is 44.4 Å². The Morgan fingerprint density at radius 1 is 1.22 bits per heavy atom. The van der Waals surface area contributed by atoms with Crippen molar-refractivity contribution >= 4 is 30.7 Å². The van der Waals surface area contributed by atoms with E-state index in [-0.39, 0.29) is 24.8 Å². The van der Waals surface area contributed by atoms with Gasteiger partial charge in [-0.15, -0.1) is 24.8 Å². The number of hydrogen-bond acceptors (Lipinski definition) is 3. The fraction of sp³-hybridized carbons (Fsp3) is 0.941. The fourth-order valence-electron chi connectivity index (χ4n) is 4.29. The van der Waals surface area contributed by atoms with Gasteiger partial charge in [-0.05, 0) is 82.6 Å². The molecule has 1 spiro atoms. The smallest absolute Gasteiger partial charge is 0.223 e. The molecule has 0 radical (unpaired) electrons. The molecular weight excluding hydrogens is 333 g/mol. The molecule has 136 valence electrons. The summed E-state index contributed by atoms with van der Waals surface area (Å²) < 4.78 is 0. The standard InChI is InChI=1S/C17H31N3O.2ClH/c1-2-9-20-10-3-14(4-11-20)13-19-16(21)15-12-17(15)5-7-18-8-6-17;;/h14-15,18H,2-13H2,1H3,(H,19,21);2*1H. The van der Waals surface area contributed by atoms with Crippen LogP contribution in [0.15, 0.2) is 0 Å². The van der Waals surface area contributed by atoms with Crippen molar-refractivity contribution in [3.05, 3.63) is 0 Å². The highest BCUT2D eigenvalue weighted by Crippen LogP contribution is 2.58. The van der Waals surface area contributed by atoms with Gasteiger partial charge in [0.05, 0.1) is 0 Å². The lowest BCUT2D eigenvalue weighted by Crippen LogP contribution is -2.40. The van der Waals surface area contributed by atoms with Gasteiger partial charge in [0, 0.05) is 12.5 Å². The van der Waals surface area contributed by atoms with Crippen LogP contribution in [0.1, 0.15) is 45.4 Å². The zero-order chi connectivity index (χ0) is 14.7. The van der Waals surface area contributed by atoms with Crippen molar-refractivity contribution in [3.8, 4) is 0 Å². The summed E-state index contributed by atoms with van der Waals surface area (Å²) in [5, 5.41) is 6.66. The number of hydrogen-bond donors (Lipinski definition) is 2. The van der Waals surface area contributed by atoms with E-state index in [4.69, 9.17) is 0 Å². The molecule has 1 aliphatic carbocycles. The minimum Gasteiger partial charge on any atom is -0.356 e. The first kappa shape index (κ1) is 21.0. The van der Waals surface area contributed by atoms with Crippen LogP contribution in [0, 0.1) is 17.3 Å². The maximum atomic E-state index is 12.3. The number of rotatable bonds is 5. The Kier molecular flexibility index (Phi) is 8.64. The third kappa shape index (κ3) is 5.22. The highest BCUT2D eigenvalue weighted by atomic mass is 35.5. The van der Waals surface area contributed by atoms with Crippen LogP contribution >= 0.6 is 24.8 Å². The van der Waals surface area contributed by atoms with Crippen molar-refractivity contribution in [2.45, 2.75) is 45.4 Å². The van der Waals surface area contributed by atoms with Crippen LogP contribution in [-0.2, 0) is 4.79 Å². The molecule has 0 bridgehead atoms. The minimum atomic E-state index is 0. The average Bonchev–Trinajstić information content (AvgIpc) is 3.20. The van der Waals surface area contributed by atoms with E-state index in [1.807, 2.05) is 0 Å². The number of carbonyl (C=O) groups is 1. The number of nitrogens with one attached hydrogen (secondary N) is 2. The van der Waals surface area contributed by atoms with E-state index >= 15 is 0 Å². The lowest BCUT2D eigenvalue weighted by Gasteiger charge is -2.31. The van der Waals surface area contributed by atoms with Gasteiger partial charge in [0.1, 0.15) is 0 Å². The van der Waals surface area contributed by atoms with E-state index in [9.17, 15) is 4.79 Å². The number of halogens is 2. The third-order valence-electron chi connectivity index (χ3n) is 5.92. The number of likely N-dealkylation sites (tertiary alicyclic amines) is 1. The maximum absolute atomic E-state index is 12.3. The van der Waals surface area contributed by atoms with Crippen LogP contribution in [0.3, 0.4) is 0 Å².